The van der Waals surface area contributed by atoms with Gasteiger partial charge in [-0.15, -0.1) is 0 Å². The molecular formula is C17H29N3O. The number of rotatable bonds is 6. The molecule has 0 spiro atoms. The molecule has 2 heterocycles. The molecule has 0 aromatic carbocycles. The minimum atomic E-state index is -0.0470. The average Bonchev–Trinajstić information content (AvgIpc) is 2.53. The smallest absolute Gasteiger partial charge is 0.128 e. The lowest BCUT2D eigenvalue weighted by Crippen LogP contribution is -2.47. The summed E-state index contributed by atoms with van der Waals surface area (Å²) in [5.41, 5.74) is 1.20. The third kappa shape index (κ3) is 4.17. The molecule has 118 valence electrons. The number of methoxy groups -OCH3 is 1. The lowest BCUT2D eigenvalue weighted by atomic mass is 9.95. The van der Waals surface area contributed by atoms with Gasteiger partial charge >= 0.3 is 0 Å². The van der Waals surface area contributed by atoms with Crippen molar-refractivity contribution in [1.82, 2.24) is 10.3 Å². The highest BCUT2D eigenvalue weighted by Gasteiger charge is 2.31. The van der Waals surface area contributed by atoms with Crippen molar-refractivity contribution in [2.45, 2.75) is 51.7 Å². The maximum Gasteiger partial charge on any atom is 0.128 e. The standard InChI is InChI=1S/C17H29N3O/c1-5-10-18-14(2)15-7-8-16(19-12-15)20-11-6-9-17(3,13-20)21-4/h7-8,12,14,18H,5-6,9-11,13H2,1-4H3. The zero-order valence-corrected chi connectivity index (χ0v) is 13.9. The van der Waals surface area contributed by atoms with Crippen molar-refractivity contribution in [3.63, 3.8) is 0 Å². The summed E-state index contributed by atoms with van der Waals surface area (Å²) in [7, 11) is 1.81. The topological polar surface area (TPSA) is 37.4 Å². The minimum absolute atomic E-state index is 0.0470. The Balaban J connectivity index is 2.01. The zero-order chi connectivity index (χ0) is 15.3. The Bertz CT molecular complexity index is 434. The molecule has 4 nitrogen and oxygen atoms in total. The van der Waals surface area contributed by atoms with Crippen molar-refractivity contribution < 1.29 is 4.74 Å². The third-order valence-electron chi connectivity index (χ3n) is 4.45. The fraction of sp³-hybridized carbons (Fsp3) is 0.706. The predicted molar refractivity (Wildman–Crippen MR) is 87.8 cm³/mol. The van der Waals surface area contributed by atoms with Crippen LogP contribution in [0, 0.1) is 0 Å². The number of anilines is 1. The van der Waals surface area contributed by atoms with Crippen molar-refractivity contribution in [2.24, 2.45) is 0 Å². The van der Waals surface area contributed by atoms with Crippen molar-refractivity contribution in [1.29, 1.82) is 0 Å². The van der Waals surface area contributed by atoms with Gasteiger partial charge in [0.25, 0.3) is 0 Å². The number of pyridine rings is 1. The van der Waals surface area contributed by atoms with Crippen LogP contribution in [0.25, 0.3) is 0 Å². The maximum atomic E-state index is 5.66. The van der Waals surface area contributed by atoms with Crippen LogP contribution in [-0.2, 0) is 4.74 Å². The van der Waals surface area contributed by atoms with E-state index in [0.29, 0.717) is 6.04 Å². The van der Waals surface area contributed by atoms with E-state index < -0.39 is 0 Å². The summed E-state index contributed by atoms with van der Waals surface area (Å²) in [6.45, 7) is 9.58. The van der Waals surface area contributed by atoms with Crippen molar-refractivity contribution in [3.05, 3.63) is 23.9 Å². The number of ether oxygens (including phenoxy) is 1. The summed E-state index contributed by atoms with van der Waals surface area (Å²) >= 11 is 0. The summed E-state index contributed by atoms with van der Waals surface area (Å²) in [6, 6.07) is 4.69. The quantitative estimate of drug-likeness (QED) is 0.873. The van der Waals surface area contributed by atoms with E-state index in [-0.39, 0.29) is 5.60 Å². The molecule has 0 radical (unpaired) electrons. The van der Waals surface area contributed by atoms with Crippen molar-refractivity contribution in [2.75, 3.05) is 31.6 Å². The molecule has 1 aromatic heterocycles. The number of nitrogens with one attached hydrogen (secondary N) is 1. The molecule has 21 heavy (non-hydrogen) atoms. The van der Waals surface area contributed by atoms with Crippen LogP contribution in [-0.4, -0.2) is 37.3 Å². The SMILES string of the molecule is CCCNC(C)c1ccc(N2CCCC(C)(OC)C2)nc1. The van der Waals surface area contributed by atoms with Crippen LogP contribution >= 0.6 is 0 Å². The van der Waals surface area contributed by atoms with Crippen LogP contribution in [0.3, 0.4) is 0 Å². The van der Waals surface area contributed by atoms with Gasteiger partial charge in [0.2, 0.25) is 0 Å². The first kappa shape index (κ1) is 16.2. The summed E-state index contributed by atoms with van der Waals surface area (Å²) in [4.78, 5) is 7.00. The molecule has 1 N–H and O–H groups in total. The molecule has 2 rings (SSSR count). The largest absolute Gasteiger partial charge is 0.377 e. The van der Waals surface area contributed by atoms with Gasteiger partial charge in [0.1, 0.15) is 5.82 Å². The molecule has 1 fully saturated rings. The molecule has 0 bridgehead atoms. The molecule has 1 aliphatic heterocycles. The summed E-state index contributed by atoms with van der Waals surface area (Å²) < 4.78 is 5.66. The van der Waals surface area contributed by atoms with Crippen molar-refractivity contribution >= 4 is 5.82 Å². The Morgan fingerprint density at radius 3 is 2.90 bits per heavy atom. The number of hydrogen-bond donors (Lipinski definition) is 1. The van der Waals surface area contributed by atoms with E-state index in [9.17, 15) is 0 Å². The van der Waals surface area contributed by atoms with Crippen LogP contribution in [0.15, 0.2) is 18.3 Å². The van der Waals surface area contributed by atoms with Gasteiger partial charge in [-0.25, -0.2) is 4.98 Å². The van der Waals surface area contributed by atoms with Gasteiger partial charge in [0.15, 0.2) is 0 Å². The number of aromatic nitrogens is 1. The number of hydrogen-bond acceptors (Lipinski definition) is 4. The highest BCUT2D eigenvalue weighted by atomic mass is 16.5. The molecule has 0 aliphatic carbocycles. The van der Waals surface area contributed by atoms with Gasteiger partial charge in [-0.2, -0.15) is 0 Å². The lowest BCUT2D eigenvalue weighted by Gasteiger charge is -2.40. The summed E-state index contributed by atoms with van der Waals surface area (Å²) in [5, 5.41) is 3.50. The second kappa shape index (κ2) is 7.23. The number of nitrogens with zero attached hydrogens (tertiary/aromatic N) is 2. The molecule has 0 saturated carbocycles. The zero-order valence-electron chi connectivity index (χ0n) is 13.9. The first-order valence-corrected chi connectivity index (χ1v) is 8.07. The van der Waals surface area contributed by atoms with Crippen LogP contribution in [0.1, 0.15) is 51.6 Å². The molecule has 2 unspecified atom stereocenters. The molecule has 0 amide bonds. The van der Waals surface area contributed by atoms with Gasteiger partial charge < -0.3 is 15.0 Å². The van der Waals surface area contributed by atoms with Crippen LogP contribution < -0.4 is 10.2 Å². The van der Waals surface area contributed by atoms with Gasteiger partial charge in [-0.3, -0.25) is 0 Å². The minimum Gasteiger partial charge on any atom is -0.377 e. The Labute approximate surface area is 128 Å². The Kier molecular flexibility index (Phi) is 5.59. The molecule has 1 aromatic rings. The van der Waals surface area contributed by atoms with Crippen LogP contribution in [0.2, 0.25) is 0 Å². The van der Waals surface area contributed by atoms with Gasteiger partial charge in [-0.1, -0.05) is 13.0 Å². The van der Waals surface area contributed by atoms with Crippen LogP contribution in [0.4, 0.5) is 5.82 Å². The predicted octanol–water partition coefficient (Wildman–Crippen LogP) is 3.15. The van der Waals surface area contributed by atoms with Gasteiger partial charge in [-0.05, 0) is 51.3 Å². The summed E-state index contributed by atoms with van der Waals surface area (Å²) in [5.74, 6) is 1.06. The highest BCUT2D eigenvalue weighted by Crippen LogP contribution is 2.27. The van der Waals surface area contributed by atoms with Gasteiger partial charge in [0, 0.05) is 32.4 Å². The Hall–Kier alpha value is -1.13. The average molecular weight is 291 g/mol. The van der Waals surface area contributed by atoms with E-state index in [0.717, 1.165) is 44.7 Å². The fourth-order valence-corrected chi connectivity index (χ4v) is 2.89. The highest BCUT2D eigenvalue weighted by molar-refractivity contribution is 5.41. The molecular weight excluding hydrogens is 262 g/mol. The fourth-order valence-electron chi connectivity index (χ4n) is 2.89. The van der Waals surface area contributed by atoms with E-state index in [4.69, 9.17) is 4.74 Å². The Morgan fingerprint density at radius 1 is 1.48 bits per heavy atom. The lowest BCUT2D eigenvalue weighted by molar-refractivity contribution is -0.00481. The van der Waals surface area contributed by atoms with Gasteiger partial charge in [0.05, 0.1) is 5.60 Å². The molecule has 2 atom stereocenters. The summed E-state index contributed by atoms with van der Waals surface area (Å²) in [6.07, 6.45) is 5.43. The normalized spacial score (nSPS) is 24.1. The first-order valence-electron chi connectivity index (χ1n) is 8.07. The molecule has 4 heteroatoms. The van der Waals surface area contributed by atoms with E-state index in [1.807, 2.05) is 6.20 Å². The van der Waals surface area contributed by atoms with E-state index in [1.165, 1.54) is 5.56 Å². The second-order valence-electron chi connectivity index (χ2n) is 6.30. The molecule has 1 aliphatic rings. The monoisotopic (exact) mass is 291 g/mol. The molecule has 1 saturated heterocycles. The van der Waals surface area contributed by atoms with E-state index in [2.05, 4.69) is 48.1 Å². The van der Waals surface area contributed by atoms with Crippen LogP contribution in [0.5, 0.6) is 0 Å². The Morgan fingerprint density at radius 2 is 2.29 bits per heavy atom. The second-order valence-corrected chi connectivity index (χ2v) is 6.30. The van der Waals surface area contributed by atoms with Crippen molar-refractivity contribution in [3.8, 4) is 0 Å². The number of piperidine rings is 1. The first-order chi connectivity index (χ1) is 10.1. The van der Waals surface area contributed by atoms with E-state index in [1.54, 1.807) is 7.11 Å². The van der Waals surface area contributed by atoms with E-state index >= 15 is 0 Å². The maximum absolute atomic E-state index is 5.66. The third-order valence-corrected chi connectivity index (χ3v) is 4.45.